The lowest BCUT2D eigenvalue weighted by atomic mass is 9.70. The van der Waals surface area contributed by atoms with Crippen molar-refractivity contribution in [3.8, 4) is 0 Å². The predicted molar refractivity (Wildman–Crippen MR) is 79.8 cm³/mol. The molecule has 1 aromatic rings. The molecule has 21 heavy (non-hydrogen) atoms. The van der Waals surface area contributed by atoms with Gasteiger partial charge in [-0.2, -0.15) is 0 Å². The number of esters is 1. The minimum Gasteiger partial charge on any atom is -0.458 e. The van der Waals surface area contributed by atoms with Crippen molar-refractivity contribution in [1.29, 1.82) is 0 Å². The van der Waals surface area contributed by atoms with E-state index in [4.69, 9.17) is 16.3 Å². The Hall–Kier alpha value is -1.09. The molecule has 1 aromatic carbocycles. The highest BCUT2D eigenvalue weighted by Crippen LogP contribution is 2.66. The van der Waals surface area contributed by atoms with Crippen LogP contribution < -0.4 is 0 Å². The van der Waals surface area contributed by atoms with E-state index in [1.54, 1.807) is 0 Å². The molecule has 2 aliphatic rings. The van der Waals surface area contributed by atoms with Crippen LogP contribution in [0.1, 0.15) is 50.4 Å². The second-order valence-electron chi connectivity index (χ2n) is 7.11. The lowest BCUT2D eigenvalue weighted by Crippen LogP contribution is -2.38. The summed E-state index contributed by atoms with van der Waals surface area (Å²) in [7, 11) is 0. The van der Waals surface area contributed by atoms with Crippen molar-refractivity contribution in [1.82, 2.24) is 0 Å². The number of fused-ring (bicyclic) bond motifs is 2. The Morgan fingerprint density at radius 2 is 2.10 bits per heavy atom. The second-order valence-corrected chi connectivity index (χ2v) is 7.48. The van der Waals surface area contributed by atoms with Crippen LogP contribution in [0.3, 0.4) is 0 Å². The third-order valence-corrected chi connectivity index (χ3v) is 6.52. The summed E-state index contributed by atoms with van der Waals surface area (Å²) >= 11 is 5.87. The van der Waals surface area contributed by atoms with Crippen LogP contribution in [-0.4, -0.2) is 12.1 Å². The zero-order valence-corrected chi connectivity index (χ0v) is 13.3. The molecule has 0 N–H and O–H groups in total. The molecule has 3 rings (SSSR count). The van der Waals surface area contributed by atoms with Gasteiger partial charge in [0.2, 0.25) is 0 Å². The van der Waals surface area contributed by atoms with Crippen LogP contribution in [0.5, 0.6) is 0 Å². The van der Waals surface area contributed by atoms with E-state index in [2.05, 4.69) is 20.8 Å². The largest absolute Gasteiger partial charge is 0.458 e. The maximum atomic E-state index is 13.5. The normalized spacial score (nSPS) is 33.2. The summed E-state index contributed by atoms with van der Waals surface area (Å²) in [6.07, 6.45) is 3.04. The van der Waals surface area contributed by atoms with Gasteiger partial charge in [-0.1, -0.05) is 38.4 Å². The fourth-order valence-electron chi connectivity index (χ4n) is 4.16. The quantitative estimate of drug-likeness (QED) is 0.730. The standard InChI is InChI=1S/C17H20ClFO2/c1-16(2)10-7-8-17(16,3)13(9-10)21-15(20)11-5-4-6-12(19)14(11)18/h4-6,10,13H,7-9H2,1-3H3. The monoisotopic (exact) mass is 310 g/mol. The van der Waals surface area contributed by atoms with Crippen molar-refractivity contribution in [2.45, 2.75) is 46.1 Å². The van der Waals surface area contributed by atoms with Gasteiger partial charge in [-0.15, -0.1) is 0 Å². The molecule has 114 valence electrons. The van der Waals surface area contributed by atoms with Crippen LogP contribution in [0.25, 0.3) is 0 Å². The number of rotatable bonds is 2. The lowest BCUT2D eigenvalue weighted by molar-refractivity contribution is -0.0242. The fourth-order valence-corrected chi connectivity index (χ4v) is 4.37. The molecule has 0 aliphatic heterocycles. The first-order valence-electron chi connectivity index (χ1n) is 7.42. The average molecular weight is 311 g/mol. The zero-order chi connectivity index (χ0) is 15.4. The molecule has 2 fully saturated rings. The SMILES string of the molecule is CC1(C)C2CCC1(C)C(OC(=O)c1cccc(F)c1Cl)C2. The summed E-state index contributed by atoms with van der Waals surface area (Å²) in [6.45, 7) is 6.71. The van der Waals surface area contributed by atoms with Crippen LogP contribution in [0, 0.1) is 22.6 Å². The highest BCUT2D eigenvalue weighted by molar-refractivity contribution is 6.33. The lowest BCUT2D eigenvalue weighted by Gasteiger charge is -2.38. The first kappa shape index (κ1) is 14.8. The topological polar surface area (TPSA) is 26.3 Å². The fraction of sp³-hybridized carbons (Fsp3) is 0.588. The van der Waals surface area contributed by atoms with Crippen LogP contribution >= 0.6 is 11.6 Å². The van der Waals surface area contributed by atoms with E-state index in [1.165, 1.54) is 24.6 Å². The van der Waals surface area contributed by atoms with Crippen molar-refractivity contribution >= 4 is 17.6 Å². The van der Waals surface area contributed by atoms with E-state index in [0.717, 1.165) is 12.8 Å². The third-order valence-electron chi connectivity index (χ3n) is 6.13. The van der Waals surface area contributed by atoms with Crippen molar-refractivity contribution in [2.75, 3.05) is 0 Å². The number of benzene rings is 1. The molecule has 2 nitrogen and oxygen atoms in total. The van der Waals surface area contributed by atoms with Gasteiger partial charge < -0.3 is 4.74 Å². The van der Waals surface area contributed by atoms with E-state index in [0.29, 0.717) is 5.92 Å². The maximum Gasteiger partial charge on any atom is 0.340 e. The number of hydrogen-bond acceptors (Lipinski definition) is 2. The van der Waals surface area contributed by atoms with E-state index in [9.17, 15) is 9.18 Å². The number of hydrogen-bond donors (Lipinski definition) is 0. The summed E-state index contributed by atoms with van der Waals surface area (Å²) in [6, 6.07) is 4.22. The van der Waals surface area contributed by atoms with Gasteiger partial charge in [0.05, 0.1) is 10.6 Å². The molecule has 2 bridgehead atoms. The van der Waals surface area contributed by atoms with Gasteiger partial charge in [-0.25, -0.2) is 9.18 Å². The van der Waals surface area contributed by atoms with Gasteiger partial charge in [0, 0.05) is 5.41 Å². The minimum absolute atomic E-state index is 0.00682. The van der Waals surface area contributed by atoms with Crippen LogP contribution in [0.2, 0.25) is 5.02 Å². The van der Waals surface area contributed by atoms with E-state index >= 15 is 0 Å². The second kappa shape index (κ2) is 4.70. The van der Waals surface area contributed by atoms with Crippen LogP contribution in [0.4, 0.5) is 4.39 Å². The van der Waals surface area contributed by atoms with Gasteiger partial charge in [0.1, 0.15) is 11.9 Å². The number of halogens is 2. The van der Waals surface area contributed by atoms with Gasteiger partial charge in [-0.3, -0.25) is 0 Å². The molecular formula is C17H20ClFO2. The molecule has 2 aliphatic carbocycles. The van der Waals surface area contributed by atoms with Gasteiger partial charge >= 0.3 is 5.97 Å². The van der Waals surface area contributed by atoms with Gasteiger partial charge in [0.15, 0.2) is 0 Å². The van der Waals surface area contributed by atoms with Crippen molar-refractivity contribution < 1.29 is 13.9 Å². The first-order valence-corrected chi connectivity index (χ1v) is 7.80. The number of carbonyl (C=O) groups excluding carboxylic acids is 1. The summed E-state index contributed by atoms with van der Waals surface area (Å²) in [5.74, 6) is -0.525. The van der Waals surface area contributed by atoms with Crippen LogP contribution in [0.15, 0.2) is 18.2 Å². The molecule has 0 radical (unpaired) electrons. The van der Waals surface area contributed by atoms with Gasteiger partial charge in [0.25, 0.3) is 0 Å². The molecule has 2 saturated carbocycles. The van der Waals surface area contributed by atoms with E-state index < -0.39 is 11.8 Å². The molecule has 3 atom stereocenters. The summed E-state index contributed by atoms with van der Waals surface area (Å²) in [5.41, 5.74) is 0.275. The van der Waals surface area contributed by atoms with E-state index in [-0.39, 0.29) is 27.5 Å². The smallest absolute Gasteiger partial charge is 0.340 e. The number of carbonyl (C=O) groups is 1. The molecule has 3 unspecified atom stereocenters. The minimum atomic E-state index is -0.592. The van der Waals surface area contributed by atoms with Crippen LogP contribution in [-0.2, 0) is 4.74 Å². The summed E-state index contributed by atoms with van der Waals surface area (Å²) < 4.78 is 19.2. The summed E-state index contributed by atoms with van der Waals surface area (Å²) in [4.78, 5) is 12.3. The Morgan fingerprint density at radius 3 is 2.67 bits per heavy atom. The van der Waals surface area contributed by atoms with E-state index in [1.807, 2.05) is 0 Å². The molecule has 0 amide bonds. The molecule has 0 heterocycles. The molecule has 0 aromatic heterocycles. The Labute approximate surface area is 129 Å². The molecule has 0 saturated heterocycles. The third kappa shape index (κ3) is 2.01. The van der Waals surface area contributed by atoms with Gasteiger partial charge in [-0.05, 0) is 42.7 Å². The number of ether oxygens (including phenoxy) is 1. The Morgan fingerprint density at radius 1 is 1.38 bits per heavy atom. The Balaban J connectivity index is 1.82. The summed E-state index contributed by atoms with van der Waals surface area (Å²) in [5, 5.41) is -0.157. The maximum absolute atomic E-state index is 13.5. The Kier molecular flexibility index (Phi) is 3.32. The molecular weight excluding hydrogens is 291 g/mol. The first-order chi connectivity index (χ1) is 9.77. The molecule has 0 spiro atoms. The van der Waals surface area contributed by atoms with Crippen molar-refractivity contribution in [3.05, 3.63) is 34.6 Å². The highest BCUT2D eigenvalue weighted by atomic mass is 35.5. The predicted octanol–water partition coefficient (Wildman–Crippen LogP) is 4.85. The molecule has 4 heteroatoms. The van der Waals surface area contributed by atoms with Crippen molar-refractivity contribution in [3.63, 3.8) is 0 Å². The highest BCUT2D eigenvalue weighted by Gasteiger charge is 2.62. The van der Waals surface area contributed by atoms with Crippen molar-refractivity contribution in [2.24, 2.45) is 16.7 Å². The average Bonchev–Trinajstić information content (AvgIpc) is 2.75. The Bertz CT molecular complexity index is 598. The zero-order valence-electron chi connectivity index (χ0n) is 12.6.